The highest BCUT2D eigenvalue weighted by Crippen LogP contribution is 2.33. The number of carbonyl (C=O) groups excluding carboxylic acids is 1. The van der Waals surface area contributed by atoms with Gasteiger partial charge in [-0.25, -0.2) is 9.99 Å². The fourth-order valence-electron chi connectivity index (χ4n) is 4.41. The van der Waals surface area contributed by atoms with Gasteiger partial charge in [0.25, 0.3) is 11.5 Å². The summed E-state index contributed by atoms with van der Waals surface area (Å²) in [6.07, 6.45) is -0.605. The molecule has 5 aromatic rings. The molecular formula is C28H20N4O2. The fourth-order valence-corrected chi connectivity index (χ4v) is 4.41. The summed E-state index contributed by atoms with van der Waals surface area (Å²) in [6, 6.07) is 33.6. The van der Waals surface area contributed by atoms with E-state index in [0.29, 0.717) is 22.3 Å². The van der Waals surface area contributed by atoms with Crippen molar-refractivity contribution in [3.63, 3.8) is 0 Å². The van der Waals surface area contributed by atoms with Gasteiger partial charge in [-0.1, -0.05) is 84.9 Å². The molecule has 164 valence electrons. The molecular weight excluding hydrogens is 424 g/mol. The number of carbonyl (C=O) groups is 1. The minimum Gasteiger partial charge on any atom is -0.359 e. The second-order valence-corrected chi connectivity index (χ2v) is 8.09. The van der Waals surface area contributed by atoms with E-state index < -0.39 is 6.17 Å². The van der Waals surface area contributed by atoms with E-state index in [-0.39, 0.29) is 11.5 Å². The van der Waals surface area contributed by atoms with E-state index in [1.165, 1.54) is 9.69 Å². The monoisotopic (exact) mass is 444 g/mol. The Balaban J connectivity index is 1.68. The Bertz CT molecular complexity index is 1580. The zero-order valence-corrected chi connectivity index (χ0v) is 18.1. The summed E-state index contributed by atoms with van der Waals surface area (Å²) in [7, 11) is 0. The predicted octanol–water partition coefficient (Wildman–Crippen LogP) is 4.97. The van der Waals surface area contributed by atoms with Crippen molar-refractivity contribution in [1.82, 2.24) is 9.66 Å². The lowest BCUT2D eigenvalue weighted by atomic mass is 10.0. The van der Waals surface area contributed by atoms with Gasteiger partial charge in [0.1, 0.15) is 6.17 Å². The van der Waals surface area contributed by atoms with Gasteiger partial charge in [0.2, 0.25) is 0 Å². The third-order valence-corrected chi connectivity index (χ3v) is 6.02. The molecule has 1 aromatic heterocycles. The molecule has 0 radical (unpaired) electrons. The molecule has 0 fully saturated rings. The summed E-state index contributed by atoms with van der Waals surface area (Å²) in [6.45, 7) is 0. The molecule has 4 aromatic carbocycles. The van der Waals surface area contributed by atoms with Crippen LogP contribution in [0.15, 0.2) is 114 Å². The van der Waals surface area contributed by atoms with Gasteiger partial charge < -0.3 is 5.32 Å². The molecule has 0 saturated carbocycles. The molecule has 34 heavy (non-hydrogen) atoms. The van der Waals surface area contributed by atoms with E-state index in [1.54, 1.807) is 18.2 Å². The van der Waals surface area contributed by atoms with Gasteiger partial charge in [0.05, 0.1) is 16.5 Å². The zero-order valence-electron chi connectivity index (χ0n) is 18.1. The van der Waals surface area contributed by atoms with Crippen LogP contribution in [-0.4, -0.2) is 15.6 Å². The Kier molecular flexibility index (Phi) is 4.70. The number of anilines is 1. The van der Waals surface area contributed by atoms with Gasteiger partial charge >= 0.3 is 0 Å². The maximum atomic E-state index is 14.0. The van der Waals surface area contributed by atoms with E-state index >= 15 is 0 Å². The van der Waals surface area contributed by atoms with Crippen molar-refractivity contribution in [3.8, 4) is 11.4 Å². The Hall–Kier alpha value is -4.71. The minimum absolute atomic E-state index is 0.278. The van der Waals surface area contributed by atoms with Crippen LogP contribution in [0.25, 0.3) is 22.3 Å². The van der Waals surface area contributed by atoms with Crippen LogP contribution in [0.3, 0.4) is 0 Å². The Morgan fingerprint density at radius 3 is 2.15 bits per heavy atom. The molecule has 1 atom stereocenters. The largest absolute Gasteiger partial charge is 0.359 e. The van der Waals surface area contributed by atoms with Crippen molar-refractivity contribution in [3.05, 3.63) is 131 Å². The smallest absolute Gasteiger partial charge is 0.280 e. The summed E-state index contributed by atoms with van der Waals surface area (Å²) in [4.78, 5) is 32.8. The first-order valence-corrected chi connectivity index (χ1v) is 11.0. The number of aromatic nitrogens is 2. The molecule has 6 rings (SSSR count). The molecule has 1 amide bonds. The quantitative estimate of drug-likeness (QED) is 0.427. The van der Waals surface area contributed by atoms with Crippen molar-refractivity contribution in [1.29, 1.82) is 0 Å². The lowest BCUT2D eigenvalue weighted by Crippen LogP contribution is -2.54. The highest BCUT2D eigenvalue weighted by molar-refractivity contribution is 6.08. The van der Waals surface area contributed by atoms with Crippen molar-refractivity contribution in [2.75, 3.05) is 10.3 Å². The zero-order chi connectivity index (χ0) is 23.1. The SMILES string of the molecule is O=C1c2ccccc2NC(c2ccccc2)N1n1c(-c2ccccc2)nc2ccccc2c1=O. The van der Waals surface area contributed by atoms with Crippen LogP contribution in [0, 0.1) is 0 Å². The Morgan fingerprint density at radius 1 is 0.706 bits per heavy atom. The number of hydrogen-bond acceptors (Lipinski definition) is 4. The molecule has 6 heteroatoms. The lowest BCUT2D eigenvalue weighted by Gasteiger charge is -2.39. The van der Waals surface area contributed by atoms with Crippen LogP contribution in [0.2, 0.25) is 0 Å². The van der Waals surface area contributed by atoms with E-state index in [4.69, 9.17) is 4.98 Å². The lowest BCUT2D eigenvalue weighted by molar-refractivity contribution is 0.0940. The average molecular weight is 444 g/mol. The molecule has 1 N–H and O–H groups in total. The Labute approximate surface area is 195 Å². The van der Waals surface area contributed by atoms with Gasteiger partial charge in [-0.2, -0.15) is 4.68 Å². The molecule has 0 bridgehead atoms. The molecule has 1 aliphatic heterocycles. The first-order chi connectivity index (χ1) is 16.7. The van der Waals surface area contributed by atoms with E-state index in [0.717, 1.165) is 16.8 Å². The summed E-state index contributed by atoms with van der Waals surface area (Å²) in [5.41, 5.74) is 3.08. The van der Waals surface area contributed by atoms with Crippen LogP contribution in [0.4, 0.5) is 5.69 Å². The molecule has 1 aliphatic rings. The third-order valence-electron chi connectivity index (χ3n) is 6.02. The minimum atomic E-state index is -0.605. The molecule has 6 nitrogen and oxygen atoms in total. The maximum Gasteiger partial charge on any atom is 0.280 e. The molecule has 0 spiro atoms. The highest BCUT2D eigenvalue weighted by atomic mass is 16.2. The number of fused-ring (bicyclic) bond motifs is 2. The van der Waals surface area contributed by atoms with Gasteiger partial charge in [-0.05, 0) is 29.8 Å². The van der Waals surface area contributed by atoms with E-state index in [9.17, 15) is 9.59 Å². The first-order valence-electron chi connectivity index (χ1n) is 11.0. The summed E-state index contributed by atoms with van der Waals surface area (Å²) in [5.74, 6) is 0.124. The van der Waals surface area contributed by atoms with Crippen molar-refractivity contribution in [2.24, 2.45) is 0 Å². The van der Waals surface area contributed by atoms with Gasteiger partial charge in [-0.3, -0.25) is 9.59 Å². The van der Waals surface area contributed by atoms with Gasteiger partial charge in [-0.15, -0.1) is 0 Å². The maximum absolute atomic E-state index is 14.0. The van der Waals surface area contributed by atoms with Crippen molar-refractivity contribution >= 4 is 22.5 Å². The van der Waals surface area contributed by atoms with Crippen LogP contribution in [0.1, 0.15) is 22.1 Å². The van der Waals surface area contributed by atoms with Crippen LogP contribution >= 0.6 is 0 Å². The van der Waals surface area contributed by atoms with Crippen LogP contribution in [-0.2, 0) is 0 Å². The number of nitrogens with zero attached hydrogens (tertiary/aromatic N) is 3. The summed E-state index contributed by atoms with van der Waals surface area (Å²) >= 11 is 0. The second-order valence-electron chi connectivity index (χ2n) is 8.09. The number of rotatable bonds is 3. The normalized spacial score (nSPS) is 15.1. The van der Waals surface area contributed by atoms with E-state index in [2.05, 4.69) is 5.32 Å². The van der Waals surface area contributed by atoms with Gasteiger partial charge in [0.15, 0.2) is 5.82 Å². The van der Waals surface area contributed by atoms with Gasteiger partial charge in [0, 0.05) is 11.3 Å². The second kappa shape index (κ2) is 8.01. The van der Waals surface area contributed by atoms with E-state index in [1.807, 2.05) is 91.0 Å². The third kappa shape index (κ3) is 3.16. The number of amides is 1. The molecule has 0 aliphatic carbocycles. The number of para-hydroxylation sites is 2. The number of hydrogen-bond donors (Lipinski definition) is 1. The number of benzene rings is 4. The molecule has 1 unspecified atom stereocenters. The number of nitrogens with one attached hydrogen (secondary N) is 1. The average Bonchev–Trinajstić information content (AvgIpc) is 2.90. The summed E-state index contributed by atoms with van der Waals surface area (Å²) in [5, 5.41) is 5.40. The molecule has 2 heterocycles. The first kappa shape index (κ1) is 19.9. The topological polar surface area (TPSA) is 67.2 Å². The molecule has 0 saturated heterocycles. The van der Waals surface area contributed by atoms with Crippen LogP contribution in [0.5, 0.6) is 0 Å². The van der Waals surface area contributed by atoms with Crippen molar-refractivity contribution in [2.45, 2.75) is 6.17 Å². The highest BCUT2D eigenvalue weighted by Gasteiger charge is 2.36. The standard InChI is InChI=1S/C28H20N4O2/c33-27-21-15-7-9-17-23(21)29-25(19-11-3-1-4-12-19)31(27)32-26(20-13-5-2-6-14-20)30-24-18-10-8-16-22(24)28(32)34/h1-18,25,29H. The van der Waals surface area contributed by atoms with Crippen LogP contribution < -0.4 is 15.9 Å². The van der Waals surface area contributed by atoms with Crippen molar-refractivity contribution < 1.29 is 4.79 Å². The predicted molar refractivity (Wildman–Crippen MR) is 133 cm³/mol. The Morgan fingerprint density at radius 2 is 1.35 bits per heavy atom. The fraction of sp³-hybridized carbons (Fsp3) is 0.0357. The summed E-state index contributed by atoms with van der Waals surface area (Å²) < 4.78 is 1.42.